The van der Waals surface area contributed by atoms with E-state index >= 15 is 0 Å². The van der Waals surface area contributed by atoms with Crippen molar-refractivity contribution >= 4 is 5.91 Å². The molecule has 0 bridgehead atoms. The number of nitrogens with zero attached hydrogens (tertiary/aromatic N) is 2. The molecule has 6 nitrogen and oxygen atoms in total. The van der Waals surface area contributed by atoms with Crippen molar-refractivity contribution in [3.8, 4) is 0 Å². The van der Waals surface area contributed by atoms with Crippen LogP contribution < -0.4 is 5.32 Å². The van der Waals surface area contributed by atoms with Crippen molar-refractivity contribution < 1.29 is 35.9 Å². The highest BCUT2D eigenvalue weighted by Gasteiger charge is 2.51. The molecule has 1 atom stereocenters. The molecule has 2 N–H and O–H groups in total. The van der Waals surface area contributed by atoms with Gasteiger partial charge in [0, 0.05) is 31.7 Å². The fourth-order valence-corrected chi connectivity index (χ4v) is 3.95. The summed E-state index contributed by atoms with van der Waals surface area (Å²) in [7, 11) is 0. The van der Waals surface area contributed by atoms with Crippen LogP contribution in [0.2, 0.25) is 0 Å². The second-order valence-electron chi connectivity index (χ2n) is 7.27. The Kier molecular flexibility index (Phi) is 5.63. The van der Waals surface area contributed by atoms with Gasteiger partial charge in [-0.2, -0.15) is 26.3 Å². The molecule has 0 radical (unpaired) electrons. The maximum atomic E-state index is 12.7. The van der Waals surface area contributed by atoms with E-state index in [-0.39, 0.29) is 18.9 Å². The fraction of sp³-hybridized carbons (Fsp3) is 0.750. The maximum Gasteiger partial charge on any atom is 0.432 e. The lowest BCUT2D eigenvalue weighted by atomic mass is 9.72. The summed E-state index contributed by atoms with van der Waals surface area (Å²) in [5.74, 6) is -1.31. The molecule has 1 unspecified atom stereocenters. The van der Waals surface area contributed by atoms with Crippen molar-refractivity contribution in [1.82, 2.24) is 20.2 Å². The second-order valence-corrected chi connectivity index (χ2v) is 7.27. The normalized spacial score (nSPS) is 23.3. The first-order valence-electron chi connectivity index (χ1n) is 8.74. The molecular formula is C16H20F6N4O2. The first-order chi connectivity index (χ1) is 13.0. The number of hydrogen-bond donors (Lipinski definition) is 2. The van der Waals surface area contributed by atoms with Gasteiger partial charge in [-0.15, -0.1) is 0 Å². The molecule has 3 rings (SSSR count). The van der Waals surface area contributed by atoms with Gasteiger partial charge in [-0.3, -0.25) is 9.69 Å². The SMILES string of the molecule is O=C(NCC(F)(F)F)C1CN(Cc2ncc(C(F)(F)F)[nH]2)CC12CCOCC2. The third-order valence-electron chi connectivity index (χ3n) is 5.29. The number of nitrogens with one attached hydrogen (secondary N) is 2. The van der Waals surface area contributed by atoms with Crippen LogP contribution in [-0.2, 0) is 22.3 Å². The smallest absolute Gasteiger partial charge is 0.381 e. The number of imidazole rings is 1. The molecule has 1 spiro atoms. The Morgan fingerprint density at radius 2 is 1.96 bits per heavy atom. The highest BCUT2D eigenvalue weighted by Crippen LogP contribution is 2.44. The Morgan fingerprint density at radius 1 is 1.29 bits per heavy atom. The van der Waals surface area contributed by atoms with Crippen molar-refractivity contribution in [2.45, 2.75) is 31.7 Å². The minimum atomic E-state index is -4.54. The van der Waals surface area contributed by atoms with Crippen molar-refractivity contribution in [2.24, 2.45) is 11.3 Å². The summed E-state index contributed by atoms with van der Waals surface area (Å²) in [5.41, 5.74) is -1.53. The molecule has 12 heteroatoms. The second kappa shape index (κ2) is 7.54. The zero-order valence-electron chi connectivity index (χ0n) is 14.8. The average Bonchev–Trinajstić information content (AvgIpc) is 3.18. The van der Waals surface area contributed by atoms with Crippen LogP contribution in [0.15, 0.2) is 6.20 Å². The van der Waals surface area contributed by atoms with E-state index in [1.54, 1.807) is 4.90 Å². The average molecular weight is 414 g/mol. The van der Waals surface area contributed by atoms with Crippen LogP contribution in [0.4, 0.5) is 26.3 Å². The highest BCUT2D eigenvalue weighted by molar-refractivity contribution is 5.80. The monoisotopic (exact) mass is 414 g/mol. The first kappa shape index (κ1) is 20.9. The van der Waals surface area contributed by atoms with Crippen molar-refractivity contribution in [3.05, 3.63) is 17.7 Å². The molecule has 1 amide bonds. The van der Waals surface area contributed by atoms with E-state index in [1.165, 1.54) is 0 Å². The summed E-state index contributed by atoms with van der Waals surface area (Å²) in [5, 5.41) is 1.94. The Bertz CT molecular complexity index is 696. The van der Waals surface area contributed by atoms with Gasteiger partial charge >= 0.3 is 12.4 Å². The third-order valence-corrected chi connectivity index (χ3v) is 5.29. The Morgan fingerprint density at radius 3 is 2.54 bits per heavy atom. The number of H-pyrrole nitrogens is 1. The molecule has 28 heavy (non-hydrogen) atoms. The standard InChI is InChI=1S/C16H20F6N4O2/c17-15(18,19)8-24-13(27)10-6-26(9-14(10)1-3-28-4-2-14)7-12-23-5-11(25-12)16(20,21)22/h5,10H,1-4,6-9H2,(H,23,25)(H,24,27). The van der Waals surface area contributed by atoms with E-state index in [9.17, 15) is 31.1 Å². The maximum absolute atomic E-state index is 12.7. The van der Waals surface area contributed by atoms with Crippen LogP contribution in [0.25, 0.3) is 0 Å². The van der Waals surface area contributed by atoms with E-state index in [0.717, 1.165) is 0 Å². The third kappa shape index (κ3) is 4.77. The van der Waals surface area contributed by atoms with Gasteiger partial charge in [0.1, 0.15) is 18.1 Å². The lowest BCUT2D eigenvalue weighted by Crippen LogP contribution is -2.46. The Hall–Kier alpha value is -1.82. The molecule has 0 aliphatic carbocycles. The Balaban J connectivity index is 1.71. The summed E-state index contributed by atoms with van der Waals surface area (Å²) in [6, 6.07) is 0. The predicted octanol–water partition coefficient (Wildman–Crippen LogP) is 2.34. The minimum Gasteiger partial charge on any atom is -0.381 e. The molecule has 1 aromatic rings. The van der Waals surface area contributed by atoms with Crippen LogP contribution in [0.5, 0.6) is 0 Å². The molecule has 3 heterocycles. The van der Waals surface area contributed by atoms with Gasteiger partial charge in [-0.1, -0.05) is 0 Å². The molecular weight excluding hydrogens is 394 g/mol. The van der Waals surface area contributed by atoms with E-state index in [2.05, 4.69) is 9.97 Å². The summed E-state index contributed by atoms with van der Waals surface area (Å²) >= 11 is 0. The van der Waals surface area contributed by atoms with Crippen LogP contribution in [0.3, 0.4) is 0 Å². The van der Waals surface area contributed by atoms with Crippen LogP contribution in [0, 0.1) is 11.3 Å². The van der Waals surface area contributed by atoms with Crippen molar-refractivity contribution in [3.63, 3.8) is 0 Å². The molecule has 158 valence electrons. The topological polar surface area (TPSA) is 70.2 Å². The van der Waals surface area contributed by atoms with E-state index in [1.807, 2.05) is 5.32 Å². The fourth-order valence-electron chi connectivity index (χ4n) is 3.95. The molecule has 2 aliphatic heterocycles. The van der Waals surface area contributed by atoms with Gasteiger partial charge in [0.25, 0.3) is 0 Å². The minimum absolute atomic E-state index is 0.0434. The molecule has 2 fully saturated rings. The molecule has 0 aromatic carbocycles. The number of carbonyl (C=O) groups is 1. The van der Waals surface area contributed by atoms with Gasteiger partial charge in [0.05, 0.1) is 18.7 Å². The number of carbonyl (C=O) groups excluding carboxylic acids is 1. The number of ether oxygens (including phenoxy) is 1. The lowest BCUT2D eigenvalue weighted by Gasteiger charge is -2.37. The molecule has 0 saturated carbocycles. The molecule has 2 aliphatic rings. The van der Waals surface area contributed by atoms with Crippen LogP contribution in [0.1, 0.15) is 24.4 Å². The van der Waals surface area contributed by atoms with E-state index in [0.29, 0.717) is 38.8 Å². The molecule has 2 saturated heterocycles. The van der Waals surface area contributed by atoms with Crippen molar-refractivity contribution in [2.75, 3.05) is 32.8 Å². The predicted molar refractivity (Wildman–Crippen MR) is 83.9 cm³/mol. The van der Waals surface area contributed by atoms with Gasteiger partial charge in [-0.05, 0) is 12.8 Å². The zero-order chi connectivity index (χ0) is 20.6. The summed E-state index contributed by atoms with van der Waals surface area (Å²) in [6.45, 7) is -0.0796. The number of likely N-dealkylation sites (tertiary alicyclic amines) is 1. The summed E-state index contributed by atoms with van der Waals surface area (Å²) in [6.07, 6.45) is -7.36. The van der Waals surface area contributed by atoms with Crippen molar-refractivity contribution in [1.29, 1.82) is 0 Å². The number of halogens is 6. The Labute approximate surface area is 156 Å². The van der Waals surface area contributed by atoms with Crippen LogP contribution in [-0.4, -0.2) is 59.8 Å². The largest absolute Gasteiger partial charge is 0.432 e. The zero-order valence-corrected chi connectivity index (χ0v) is 14.8. The summed E-state index contributed by atoms with van der Waals surface area (Å²) in [4.78, 5) is 20.1. The van der Waals surface area contributed by atoms with Crippen LogP contribution >= 0.6 is 0 Å². The van der Waals surface area contributed by atoms with Gasteiger partial charge in [0.2, 0.25) is 5.91 Å². The number of alkyl halides is 6. The number of aromatic amines is 1. The number of hydrogen-bond acceptors (Lipinski definition) is 4. The van der Waals surface area contributed by atoms with Gasteiger partial charge in [0.15, 0.2) is 0 Å². The molecule has 1 aromatic heterocycles. The van der Waals surface area contributed by atoms with Gasteiger partial charge < -0.3 is 15.0 Å². The highest BCUT2D eigenvalue weighted by atomic mass is 19.4. The number of aromatic nitrogens is 2. The number of amides is 1. The summed E-state index contributed by atoms with van der Waals surface area (Å²) < 4.78 is 80.8. The number of rotatable bonds is 4. The first-order valence-corrected chi connectivity index (χ1v) is 8.74. The quantitative estimate of drug-likeness (QED) is 0.743. The van der Waals surface area contributed by atoms with E-state index in [4.69, 9.17) is 4.74 Å². The lowest BCUT2D eigenvalue weighted by molar-refractivity contribution is -0.143. The van der Waals surface area contributed by atoms with E-state index < -0.39 is 41.8 Å². The van der Waals surface area contributed by atoms with Gasteiger partial charge in [-0.25, -0.2) is 4.98 Å².